The number of benzene rings is 11. The molecule has 1 heteroatoms. The predicted octanol–water partition coefficient (Wildman–Crippen LogP) is 20.0. The summed E-state index contributed by atoms with van der Waals surface area (Å²) in [5.74, 6) is 0.384. The molecule has 16 rings (SSSR count). The van der Waals surface area contributed by atoms with Crippen molar-refractivity contribution in [3.8, 4) is 66.8 Å². The Morgan fingerprint density at radius 1 is 0.316 bits per heavy atom. The Balaban J connectivity index is 0.898. The third kappa shape index (κ3) is 6.39. The standard InChI is InChI=1S/C78H57N/c1-50-37-41-73-75(43-50)78(72-36-19-18-35-71(72)77(73)67-32-15-11-28-61(67)62-29-12-16-33-68(62)77)69-34-17-13-30-63(69)65-48-54(38-42-70(65)78)53-25-20-26-57(45-53)79(58-39-40-64-60-27-10-14-31-66(60)76(2,3)74(64)49-58)59-46-55(51-21-6-4-7-22-51)44-56(47-59)52-23-8-5-9-24-52/h4-42,44-50H,43H2,1-3H3. The van der Waals surface area contributed by atoms with E-state index in [-0.39, 0.29) is 5.41 Å². The van der Waals surface area contributed by atoms with Crippen LogP contribution >= 0.6 is 0 Å². The molecule has 0 fully saturated rings. The summed E-state index contributed by atoms with van der Waals surface area (Å²) in [6, 6.07) is 98.9. The monoisotopic (exact) mass is 1010 g/mol. The van der Waals surface area contributed by atoms with E-state index in [9.17, 15) is 0 Å². The van der Waals surface area contributed by atoms with Gasteiger partial charge in [-0.3, -0.25) is 0 Å². The highest BCUT2D eigenvalue weighted by Gasteiger charge is 2.60. The van der Waals surface area contributed by atoms with Crippen LogP contribution in [0.4, 0.5) is 17.1 Å². The molecule has 79 heavy (non-hydrogen) atoms. The largest absolute Gasteiger partial charge is 0.310 e. The molecule has 11 aromatic carbocycles. The zero-order chi connectivity index (χ0) is 52.6. The molecule has 374 valence electrons. The van der Waals surface area contributed by atoms with Gasteiger partial charge in [0.2, 0.25) is 0 Å². The maximum Gasteiger partial charge on any atom is 0.0716 e. The molecule has 2 atom stereocenters. The molecule has 11 aromatic rings. The molecule has 2 unspecified atom stereocenters. The lowest BCUT2D eigenvalue weighted by Gasteiger charge is -2.51. The summed E-state index contributed by atoms with van der Waals surface area (Å²) in [5, 5.41) is 0. The molecule has 0 radical (unpaired) electrons. The van der Waals surface area contributed by atoms with E-state index >= 15 is 0 Å². The van der Waals surface area contributed by atoms with E-state index in [1.165, 1.54) is 122 Å². The highest BCUT2D eigenvalue weighted by Crippen LogP contribution is 2.69. The highest BCUT2D eigenvalue weighted by molar-refractivity contribution is 5.96. The number of nitrogens with zero attached hydrogens (tertiary/aromatic N) is 1. The van der Waals surface area contributed by atoms with Crippen molar-refractivity contribution in [1.29, 1.82) is 0 Å². The predicted molar refractivity (Wildman–Crippen MR) is 328 cm³/mol. The first kappa shape index (κ1) is 45.9. The molecule has 0 amide bonds. The third-order valence-corrected chi connectivity index (χ3v) is 18.7. The van der Waals surface area contributed by atoms with E-state index < -0.39 is 10.8 Å². The van der Waals surface area contributed by atoms with Crippen molar-refractivity contribution < 1.29 is 0 Å². The van der Waals surface area contributed by atoms with Crippen molar-refractivity contribution in [3.63, 3.8) is 0 Å². The molecular weight excluding hydrogens is 951 g/mol. The van der Waals surface area contributed by atoms with Crippen LogP contribution in [0.1, 0.15) is 71.7 Å². The van der Waals surface area contributed by atoms with Crippen LogP contribution in [0.3, 0.4) is 0 Å². The minimum Gasteiger partial charge on any atom is -0.310 e. The molecule has 0 N–H and O–H groups in total. The van der Waals surface area contributed by atoms with Crippen molar-refractivity contribution in [1.82, 2.24) is 0 Å². The lowest BCUT2D eigenvalue weighted by molar-refractivity contribution is 0.549. The fraction of sp³-hybridized carbons (Fsp3) is 0.103. The van der Waals surface area contributed by atoms with E-state index in [1.54, 1.807) is 0 Å². The Kier molecular flexibility index (Phi) is 9.92. The lowest BCUT2D eigenvalue weighted by atomic mass is 9.50. The van der Waals surface area contributed by atoms with Crippen LogP contribution in [-0.4, -0.2) is 0 Å². The summed E-state index contributed by atoms with van der Waals surface area (Å²) in [5.41, 5.74) is 31.3. The van der Waals surface area contributed by atoms with Crippen LogP contribution < -0.4 is 4.90 Å². The summed E-state index contributed by atoms with van der Waals surface area (Å²) in [6.45, 7) is 7.17. The number of rotatable bonds is 6. The number of allylic oxidation sites excluding steroid dienone is 4. The summed E-state index contributed by atoms with van der Waals surface area (Å²) < 4.78 is 0. The van der Waals surface area contributed by atoms with Crippen molar-refractivity contribution in [2.45, 2.75) is 43.4 Å². The van der Waals surface area contributed by atoms with Gasteiger partial charge in [0.15, 0.2) is 0 Å². The zero-order valence-electron chi connectivity index (χ0n) is 44.7. The summed E-state index contributed by atoms with van der Waals surface area (Å²) in [7, 11) is 0. The minimum absolute atomic E-state index is 0.164. The van der Waals surface area contributed by atoms with E-state index in [1.807, 2.05) is 0 Å². The Morgan fingerprint density at radius 3 is 1.41 bits per heavy atom. The maximum absolute atomic E-state index is 2.53. The van der Waals surface area contributed by atoms with Crippen LogP contribution in [-0.2, 0) is 16.2 Å². The number of hydrogen-bond donors (Lipinski definition) is 0. The second kappa shape index (κ2) is 17.1. The van der Waals surface area contributed by atoms with Gasteiger partial charge in [-0.25, -0.2) is 0 Å². The molecule has 5 aliphatic carbocycles. The van der Waals surface area contributed by atoms with Gasteiger partial charge in [-0.1, -0.05) is 245 Å². The van der Waals surface area contributed by atoms with Crippen LogP contribution in [0, 0.1) is 5.92 Å². The molecule has 0 aliphatic heterocycles. The van der Waals surface area contributed by atoms with Gasteiger partial charge in [0.1, 0.15) is 0 Å². The second-order valence-electron chi connectivity index (χ2n) is 23.2. The number of hydrogen-bond acceptors (Lipinski definition) is 1. The fourth-order valence-corrected chi connectivity index (χ4v) is 15.3. The van der Waals surface area contributed by atoms with Crippen LogP contribution in [0.2, 0.25) is 0 Å². The fourth-order valence-electron chi connectivity index (χ4n) is 15.3. The van der Waals surface area contributed by atoms with Gasteiger partial charge in [0.25, 0.3) is 0 Å². The lowest BCUT2D eigenvalue weighted by Crippen LogP contribution is -2.45. The van der Waals surface area contributed by atoms with Crippen molar-refractivity contribution in [3.05, 3.63) is 329 Å². The third-order valence-electron chi connectivity index (χ3n) is 18.7. The van der Waals surface area contributed by atoms with Crippen LogP contribution in [0.15, 0.2) is 284 Å². The first-order valence-electron chi connectivity index (χ1n) is 28.2. The van der Waals surface area contributed by atoms with E-state index in [2.05, 4.69) is 299 Å². The van der Waals surface area contributed by atoms with Gasteiger partial charge in [-0.2, -0.15) is 0 Å². The van der Waals surface area contributed by atoms with Gasteiger partial charge in [0, 0.05) is 22.5 Å². The van der Waals surface area contributed by atoms with Crippen LogP contribution in [0.5, 0.6) is 0 Å². The Hall–Kier alpha value is -9.30. The topological polar surface area (TPSA) is 3.24 Å². The SMILES string of the molecule is CC1C=CC2=C(C1)C1(c3ccccc3-c3cc(-c4cccc(N(c5cc(-c6ccccc6)cc(-c6ccccc6)c5)c5ccc6c(c5)C(C)(C)c5ccccc5-6)c4)ccc31)c1ccccc1C21c2ccccc2-c2ccccc21. The molecule has 5 aliphatic rings. The minimum atomic E-state index is -0.479. The quantitative estimate of drug-likeness (QED) is 0.160. The Morgan fingerprint density at radius 2 is 0.772 bits per heavy atom. The average molecular weight is 1010 g/mol. The normalized spacial score (nSPS) is 17.8. The molecule has 0 heterocycles. The van der Waals surface area contributed by atoms with Gasteiger partial charge in [-0.15, -0.1) is 0 Å². The van der Waals surface area contributed by atoms with Crippen molar-refractivity contribution in [2.75, 3.05) is 4.90 Å². The summed E-state index contributed by atoms with van der Waals surface area (Å²) >= 11 is 0. The van der Waals surface area contributed by atoms with Crippen LogP contribution in [0.25, 0.3) is 66.8 Å². The maximum atomic E-state index is 2.53. The smallest absolute Gasteiger partial charge is 0.0716 e. The van der Waals surface area contributed by atoms with E-state index in [0.717, 1.165) is 23.5 Å². The molecule has 0 saturated carbocycles. The van der Waals surface area contributed by atoms with Gasteiger partial charge in [-0.05, 0) is 183 Å². The highest BCUT2D eigenvalue weighted by atomic mass is 15.1. The number of fused-ring (bicyclic) bond motifs is 18. The van der Waals surface area contributed by atoms with Gasteiger partial charge in [0.05, 0.1) is 10.8 Å². The second-order valence-corrected chi connectivity index (χ2v) is 23.2. The molecule has 0 bridgehead atoms. The molecule has 2 spiro atoms. The zero-order valence-corrected chi connectivity index (χ0v) is 44.7. The van der Waals surface area contributed by atoms with E-state index in [4.69, 9.17) is 0 Å². The first-order valence-corrected chi connectivity index (χ1v) is 28.2. The Labute approximate surface area is 464 Å². The van der Waals surface area contributed by atoms with Gasteiger partial charge < -0.3 is 4.90 Å². The first-order chi connectivity index (χ1) is 38.8. The Bertz CT molecular complexity index is 4290. The van der Waals surface area contributed by atoms with E-state index in [0.29, 0.717) is 5.92 Å². The van der Waals surface area contributed by atoms with Gasteiger partial charge >= 0.3 is 0 Å². The number of anilines is 3. The summed E-state index contributed by atoms with van der Waals surface area (Å²) in [6.07, 6.45) is 5.99. The van der Waals surface area contributed by atoms with Crippen molar-refractivity contribution >= 4 is 17.1 Å². The molecular formula is C78H57N. The molecule has 1 nitrogen and oxygen atoms in total. The molecule has 0 saturated heterocycles. The average Bonchev–Trinajstić information content (AvgIpc) is 2.06. The van der Waals surface area contributed by atoms with Crippen molar-refractivity contribution in [2.24, 2.45) is 5.92 Å². The molecule has 0 aromatic heterocycles. The summed E-state index contributed by atoms with van der Waals surface area (Å²) in [4.78, 5) is 2.50.